The molecule has 1 aliphatic heterocycles. The molecule has 3 rings (SSSR count). The molecule has 0 aliphatic carbocycles. The summed E-state index contributed by atoms with van der Waals surface area (Å²) in [5.41, 5.74) is 7.64. The van der Waals surface area contributed by atoms with Gasteiger partial charge in [-0.3, -0.25) is 4.79 Å². The van der Waals surface area contributed by atoms with E-state index in [9.17, 15) is 4.79 Å². The molecule has 1 amide bonds. The van der Waals surface area contributed by atoms with Crippen molar-refractivity contribution in [2.45, 2.75) is 12.5 Å². The molecule has 3 N–H and O–H groups in total. The molecule has 1 unspecified atom stereocenters. The van der Waals surface area contributed by atoms with E-state index in [-0.39, 0.29) is 11.9 Å². The average molecular weight is 303 g/mol. The summed E-state index contributed by atoms with van der Waals surface area (Å²) in [5, 5.41) is 3.47. The highest BCUT2D eigenvalue weighted by molar-refractivity contribution is 6.33. The summed E-state index contributed by atoms with van der Waals surface area (Å²) in [7, 11) is 0. The van der Waals surface area contributed by atoms with Crippen molar-refractivity contribution in [2.75, 3.05) is 12.3 Å². The summed E-state index contributed by atoms with van der Waals surface area (Å²) >= 11 is 5.87. The van der Waals surface area contributed by atoms with Crippen LogP contribution in [0, 0.1) is 0 Å². The number of nitrogens with one attached hydrogen (secondary N) is 1. The molecule has 0 fully saturated rings. The molecule has 21 heavy (non-hydrogen) atoms. The molecular formula is C16H15ClN2O2. The highest BCUT2D eigenvalue weighted by Crippen LogP contribution is 2.31. The number of nitrogens with two attached hydrogens (primary N) is 1. The van der Waals surface area contributed by atoms with Gasteiger partial charge in [0, 0.05) is 17.5 Å². The Morgan fingerprint density at radius 1 is 1.29 bits per heavy atom. The molecule has 0 bridgehead atoms. The molecule has 0 aromatic heterocycles. The van der Waals surface area contributed by atoms with Crippen LogP contribution in [-0.2, 0) is 0 Å². The molecule has 0 radical (unpaired) electrons. The van der Waals surface area contributed by atoms with E-state index in [1.807, 2.05) is 24.3 Å². The Morgan fingerprint density at radius 3 is 2.90 bits per heavy atom. The number of nitrogen functional groups attached to an aromatic ring is 1. The van der Waals surface area contributed by atoms with Gasteiger partial charge in [-0.2, -0.15) is 0 Å². The molecule has 4 nitrogen and oxygen atoms in total. The summed E-state index contributed by atoms with van der Waals surface area (Å²) in [5.74, 6) is 0.657. The Labute approximate surface area is 127 Å². The van der Waals surface area contributed by atoms with Gasteiger partial charge in [-0.05, 0) is 24.3 Å². The molecule has 0 spiro atoms. The lowest BCUT2D eigenvalue weighted by Crippen LogP contribution is -2.32. The molecule has 1 heterocycles. The van der Waals surface area contributed by atoms with Crippen LogP contribution in [0.2, 0.25) is 5.02 Å². The van der Waals surface area contributed by atoms with E-state index in [1.54, 1.807) is 18.2 Å². The first-order valence-electron chi connectivity index (χ1n) is 6.73. The normalized spacial score (nSPS) is 16.7. The van der Waals surface area contributed by atoms with Gasteiger partial charge in [0.15, 0.2) is 0 Å². The first kappa shape index (κ1) is 13.8. The fourth-order valence-electron chi connectivity index (χ4n) is 2.42. The van der Waals surface area contributed by atoms with Gasteiger partial charge in [0.2, 0.25) is 0 Å². The molecule has 1 atom stereocenters. The molecule has 2 aromatic rings. The first-order valence-corrected chi connectivity index (χ1v) is 7.10. The van der Waals surface area contributed by atoms with Crippen LogP contribution in [0.25, 0.3) is 0 Å². The zero-order valence-electron chi connectivity index (χ0n) is 11.3. The van der Waals surface area contributed by atoms with Gasteiger partial charge in [0.25, 0.3) is 5.91 Å². The quantitative estimate of drug-likeness (QED) is 0.837. The fourth-order valence-corrected chi connectivity index (χ4v) is 2.54. The number of carbonyl (C=O) groups is 1. The first-order chi connectivity index (χ1) is 10.1. The monoisotopic (exact) mass is 302 g/mol. The molecule has 0 saturated carbocycles. The third-order valence-corrected chi connectivity index (χ3v) is 3.87. The third kappa shape index (κ3) is 2.81. The molecule has 2 aromatic carbocycles. The summed E-state index contributed by atoms with van der Waals surface area (Å²) in [4.78, 5) is 12.3. The lowest BCUT2D eigenvalue weighted by atomic mass is 10.00. The number of amides is 1. The van der Waals surface area contributed by atoms with Crippen LogP contribution >= 0.6 is 11.6 Å². The Bertz CT molecular complexity index is 688. The van der Waals surface area contributed by atoms with Crippen molar-refractivity contribution in [3.63, 3.8) is 0 Å². The maximum absolute atomic E-state index is 12.3. The number of carbonyl (C=O) groups excluding carboxylic acids is 1. The lowest BCUT2D eigenvalue weighted by Gasteiger charge is -2.26. The predicted octanol–water partition coefficient (Wildman–Crippen LogP) is 3.18. The summed E-state index contributed by atoms with van der Waals surface area (Å²) in [6.07, 6.45) is 0.742. The number of para-hydroxylation sites is 1. The molecular weight excluding hydrogens is 288 g/mol. The van der Waals surface area contributed by atoms with Crippen LogP contribution in [0.1, 0.15) is 28.4 Å². The summed E-state index contributed by atoms with van der Waals surface area (Å²) < 4.78 is 5.59. The van der Waals surface area contributed by atoms with E-state index in [0.717, 1.165) is 17.7 Å². The van der Waals surface area contributed by atoms with E-state index in [4.69, 9.17) is 22.1 Å². The van der Waals surface area contributed by atoms with E-state index < -0.39 is 0 Å². The zero-order valence-corrected chi connectivity index (χ0v) is 12.1. The van der Waals surface area contributed by atoms with Gasteiger partial charge in [0.05, 0.1) is 23.4 Å². The van der Waals surface area contributed by atoms with Crippen LogP contribution in [-0.4, -0.2) is 12.5 Å². The van der Waals surface area contributed by atoms with Gasteiger partial charge < -0.3 is 15.8 Å². The van der Waals surface area contributed by atoms with Crippen molar-refractivity contribution in [3.05, 3.63) is 58.6 Å². The van der Waals surface area contributed by atoms with E-state index in [0.29, 0.717) is 22.9 Å². The van der Waals surface area contributed by atoms with Crippen LogP contribution in [0.4, 0.5) is 5.69 Å². The van der Waals surface area contributed by atoms with Crippen LogP contribution < -0.4 is 15.8 Å². The minimum absolute atomic E-state index is 0.0562. The van der Waals surface area contributed by atoms with Crippen molar-refractivity contribution in [2.24, 2.45) is 0 Å². The number of benzene rings is 2. The summed E-state index contributed by atoms with van der Waals surface area (Å²) in [6, 6.07) is 12.6. The topological polar surface area (TPSA) is 64.4 Å². The Morgan fingerprint density at radius 2 is 2.10 bits per heavy atom. The highest BCUT2D eigenvalue weighted by atomic mass is 35.5. The van der Waals surface area contributed by atoms with Gasteiger partial charge in [-0.25, -0.2) is 0 Å². The van der Waals surface area contributed by atoms with Gasteiger partial charge in [-0.15, -0.1) is 0 Å². The lowest BCUT2D eigenvalue weighted by molar-refractivity contribution is 0.0925. The van der Waals surface area contributed by atoms with E-state index >= 15 is 0 Å². The number of rotatable bonds is 2. The molecule has 5 heteroatoms. The second-order valence-electron chi connectivity index (χ2n) is 4.94. The standard InChI is InChI=1S/C16H15ClN2O2/c17-12-6-5-10(9-13(12)18)16(20)19-14-7-8-21-15-4-2-1-3-11(14)15/h1-6,9,14H,7-8,18H2,(H,19,20). The van der Waals surface area contributed by atoms with E-state index in [1.165, 1.54) is 0 Å². The Kier molecular flexibility index (Phi) is 3.71. The maximum atomic E-state index is 12.3. The number of halogens is 1. The number of anilines is 1. The minimum atomic E-state index is -0.167. The number of hydrogen-bond acceptors (Lipinski definition) is 3. The van der Waals surface area contributed by atoms with Crippen molar-refractivity contribution in [1.82, 2.24) is 5.32 Å². The highest BCUT2D eigenvalue weighted by Gasteiger charge is 2.23. The molecule has 108 valence electrons. The van der Waals surface area contributed by atoms with E-state index in [2.05, 4.69) is 5.32 Å². The second kappa shape index (κ2) is 5.66. The minimum Gasteiger partial charge on any atom is -0.493 e. The Balaban J connectivity index is 1.81. The number of ether oxygens (including phenoxy) is 1. The largest absolute Gasteiger partial charge is 0.493 e. The van der Waals surface area contributed by atoms with Crippen LogP contribution in [0.3, 0.4) is 0 Å². The summed E-state index contributed by atoms with van der Waals surface area (Å²) in [6.45, 7) is 0.588. The van der Waals surface area contributed by atoms with Crippen LogP contribution in [0.5, 0.6) is 5.75 Å². The third-order valence-electron chi connectivity index (χ3n) is 3.52. The van der Waals surface area contributed by atoms with Crippen LogP contribution in [0.15, 0.2) is 42.5 Å². The molecule has 0 saturated heterocycles. The predicted molar refractivity (Wildman–Crippen MR) is 82.6 cm³/mol. The average Bonchev–Trinajstić information content (AvgIpc) is 2.50. The van der Waals surface area contributed by atoms with Crippen molar-refractivity contribution in [3.8, 4) is 5.75 Å². The number of fused-ring (bicyclic) bond motifs is 1. The number of hydrogen-bond donors (Lipinski definition) is 2. The van der Waals surface area contributed by atoms with Gasteiger partial charge in [0.1, 0.15) is 5.75 Å². The van der Waals surface area contributed by atoms with Crippen molar-refractivity contribution >= 4 is 23.2 Å². The second-order valence-corrected chi connectivity index (χ2v) is 5.34. The SMILES string of the molecule is Nc1cc(C(=O)NC2CCOc3ccccc32)ccc1Cl. The molecule has 1 aliphatic rings. The van der Waals surface area contributed by atoms with Crippen molar-refractivity contribution in [1.29, 1.82) is 0 Å². The van der Waals surface area contributed by atoms with Crippen molar-refractivity contribution < 1.29 is 9.53 Å². The Hall–Kier alpha value is -2.20. The van der Waals surface area contributed by atoms with Gasteiger partial charge in [-0.1, -0.05) is 29.8 Å². The fraction of sp³-hybridized carbons (Fsp3) is 0.188. The smallest absolute Gasteiger partial charge is 0.251 e. The van der Waals surface area contributed by atoms with Gasteiger partial charge >= 0.3 is 0 Å². The maximum Gasteiger partial charge on any atom is 0.251 e. The zero-order chi connectivity index (χ0) is 14.8.